The third kappa shape index (κ3) is 4.47. The van der Waals surface area contributed by atoms with Gasteiger partial charge >= 0.3 is 0 Å². The summed E-state index contributed by atoms with van der Waals surface area (Å²) in [5.41, 5.74) is 10.5. The number of aromatic nitrogens is 1. The first-order valence-corrected chi connectivity index (χ1v) is 11.9. The van der Waals surface area contributed by atoms with E-state index in [9.17, 15) is 0 Å². The molecule has 2 heterocycles. The van der Waals surface area contributed by atoms with Gasteiger partial charge in [-0.2, -0.15) is 15.7 Å². The SMILES string of the molecule is C=NN/N=C(\C)c1cccc(C2c3[nH]c4ccccc4c3CCN2Cc2cc(Cl)cc(Cl)c2)c1. The second kappa shape index (κ2) is 9.63. The summed E-state index contributed by atoms with van der Waals surface area (Å²) in [6.07, 6.45) is 0.971. The van der Waals surface area contributed by atoms with Gasteiger partial charge in [0.2, 0.25) is 0 Å². The number of benzene rings is 3. The fraction of sp³-hybridized carbons (Fsp3) is 0.185. The number of fused-ring (bicyclic) bond motifs is 3. The smallest absolute Gasteiger partial charge is 0.0760 e. The fourth-order valence-corrected chi connectivity index (χ4v) is 5.46. The first kappa shape index (κ1) is 22.7. The number of hydrogen-bond acceptors (Lipinski definition) is 4. The Morgan fingerprint density at radius 3 is 2.68 bits per heavy atom. The lowest BCUT2D eigenvalue weighted by Crippen LogP contribution is -2.35. The normalized spacial score (nSPS) is 16.4. The van der Waals surface area contributed by atoms with E-state index in [2.05, 4.69) is 80.9 Å². The molecule has 0 radical (unpaired) electrons. The van der Waals surface area contributed by atoms with Crippen molar-refractivity contribution in [1.82, 2.24) is 15.4 Å². The summed E-state index contributed by atoms with van der Waals surface area (Å²) in [4.78, 5) is 6.21. The minimum absolute atomic E-state index is 0.0483. The van der Waals surface area contributed by atoms with Gasteiger partial charge < -0.3 is 4.98 Å². The highest BCUT2D eigenvalue weighted by Crippen LogP contribution is 2.39. The Balaban J connectivity index is 1.61. The van der Waals surface area contributed by atoms with Gasteiger partial charge in [-0.3, -0.25) is 4.90 Å². The number of rotatable bonds is 6. The highest BCUT2D eigenvalue weighted by Gasteiger charge is 2.32. The summed E-state index contributed by atoms with van der Waals surface area (Å²) in [7, 11) is 0. The second-order valence-corrected chi connectivity index (χ2v) is 9.42. The lowest BCUT2D eigenvalue weighted by Gasteiger charge is -2.36. The number of halogens is 2. The highest BCUT2D eigenvalue weighted by molar-refractivity contribution is 6.34. The molecule has 172 valence electrons. The maximum absolute atomic E-state index is 6.31. The molecule has 0 fully saturated rings. The molecular formula is C27H25Cl2N5. The van der Waals surface area contributed by atoms with Crippen LogP contribution in [0.4, 0.5) is 0 Å². The molecule has 4 aromatic rings. The molecule has 0 saturated heterocycles. The van der Waals surface area contributed by atoms with Crippen molar-refractivity contribution in [3.63, 3.8) is 0 Å². The van der Waals surface area contributed by atoms with E-state index in [0.717, 1.165) is 36.3 Å². The summed E-state index contributed by atoms with van der Waals surface area (Å²) in [6.45, 7) is 7.04. The molecule has 0 spiro atoms. The summed E-state index contributed by atoms with van der Waals surface area (Å²) < 4.78 is 0. The van der Waals surface area contributed by atoms with E-state index in [1.165, 1.54) is 27.7 Å². The van der Waals surface area contributed by atoms with Crippen molar-refractivity contribution in [2.45, 2.75) is 25.9 Å². The molecular weight excluding hydrogens is 465 g/mol. The number of nitrogens with one attached hydrogen (secondary N) is 2. The van der Waals surface area contributed by atoms with Crippen molar-refractivity contribution in [3.8, 4) is 0 Å². The number of para-hydroxylation sites is 1. The van der Waals surface area contributed by atoms with Crippen molar-refractivity contribution in [2.75, 3.05) is 6.54 Å². The second-order valence-electron chi connectivity index (χ2n) is 8.54. The molecule has 3 aromatic carbocycles. The van der Waals surface area contributed by atoms with E-state index in [-0.39, 0.29) is 6.04 Å². The predicted molar refractivity (Wildman–Crippen MR) is 142 cm³/mol. The number of nitrogens with zero attached hydrogens (tertiary/aromatic N) is 3. The maximum atomic E-state index is 6.31. The summed E-state index contributed by atoms with van der Waals surface area (Å²) >= 11 is 12.6. The molecule has 5 rings (SSSR count). The van der Waals surface area contributed by atoms with Crippen LogP contribution in [-0.2, 0) is 13.0 Å². The zero-order valence-corrected chi connectivity index (χ0v) is 20.4. The molecule has 1 aliphatic rings. The van der Waals surface area contributed by atoms with Crippen LogP contribution in [0.1, 0.15) is 40.9 Å². The molecule has 2 N–H and O–H groups in total. The van der Waals surface area contributed by atoms with E-state index in [4.69, 9.17) is 23.2 Å². The van der Waals surface area contributed by atoms with Crippen molar-refractivity contribution >= 4 is 46.5 Å². The number of hydrogen-bond donors (Lipinski definition) is 2. The van der Waals surface area contributed by atoms with E-state index in [1.807, 2.05) is 19.1 Å². The van der Waals surface area contributed by atoms with Crippen molar-refractivity contribution in [2.24, 2.45) is 10.2 Å². The van der Waals surface area contributed by atoms with E-state index in [1.54, 1.807) is 6.07 Å². The maximum Gasteiger partial charge on any atom is 0.0760 e. The fourth-order valence-electron chi connectivity index (χ4n) is 4.88. The zero-order chi connectivity index (χ0) is 23.7. The van der Waals surface area contributed by atoms with Gasteiger partial charge in [0.25, 0.3) is 0 Å². The van der Waals surface area contributed by atoms with Crippen LogP contribution in [-0.4, -0.2) is 28.9 Å². The van der Waals surface area contributed by atoms with E-state index >= 15 is 0 Å². The van der Waals surface area contributed by atoms with Crippen LogP contribution < -0.4 is 5.53 Å². The summed E-state index contributed by atoms with van der Waals surface area (Å²) in [5.74, 6) is 0. The molecule has 1 aliphatic heterocycles. The Morgan fingerprint density at radius 1 is 1.09 bits per heavy atom. The lowest BCUT2D eigenvalue weighted by molar-refractivity contribution is 0.202. The van der Waals surface area contributed by atoms with Crippen LogP contribution in [0.25, 0.3) is 10.9 Å². The zero-order valence-electron chi connectivity index (χ0n) is 18.9. The predicted octanol–water partition coefficient (Wildman–Crippen LogP) is 6.55. The Kier molecular flexibility index (Phi) is 6.42. The number of aromatic amines is 1. The van der Waals surface area contributed by atoms with Crippen LogP contribution >= 0.6 is 23.2 Å². The van der Waals surface area contributed by atoms with Gasteiger partial charge in [0, 0.05) is 46.4 Å². The Morgan fingerprint density at radius 2 is 1.88 bits per heavy atom. The molecule has 1 atom stereocenters. The average Bonchev–Trinajstić information content (AvgIpc) is 3.20. The van der Waals surface area contributed by atoms with E-state index < -0.39 is 0 Å². The molecule has 1 unspecified atom stereocenters. The van der Waals surface area contributed by atoms with Crippen LogP contribution in [0.5, 0.6) is 0 Å². The largest absolute Gasteiger partial charge is 0.357 e. The van der Waals surface area contributed by atoms with Crippen molar-refractivity contribution < 1.29 is 0 Å². The summed E-state index contributed by atoms with van der Waals surface area (Å²) in [5, 5.41) is 10.5. The van der Waals surface area contributed by atoms with Gasteiger partial charge in [-0.05, 0) is 65.9 Å². The quantitative estimate of drug-likeness (QED) is 0.238. The van der Waals surface area contributed by atoms with Crippen LogP contribution in [0.3, 0.4) is 0 Å². The Bertz CT molecular complexity index is 1370. The third-order valence-electron chi connectivity index (χ3n) is 6.35. The minimum Gasteiger partial charge on any atom is -0.357 e. The lowest BCUT2D eigenvalue weighted by atomic mass is 9.90. The van der Waals surface area contributed by atoms with Crippen molar-refractivity contribution in [1.29, 1.82) is 0 Å². The van der Waals surface area contributed by atoms with Crippen LogP contribution in [0.2, 0.25) is 10.0 Å². The summed E-state index contributed by atoms with van der Waals surface area (Å²) in [6, 6.07) is 22.9. The Hall–Kier alpha value is -3.12. The van der Waals surface area contributed by atoms with E-state index in [0.29, 0.717) is 10.0 Å². The topological polar surface area (TPSA) is 55.8 Å². The average molecular weight is 490 g/mol. The third-order valence-corrected chi connectivity index (χ3v) is 6.79. The minimum atomic E-state index is 0.0483. The first-order valence-electron chi connectivity index (χ1n) is 11.2. The molecule has 7 heteroatoms. The van der Waals surface area contributed by atoms with Crippen LogP contribution in [0, 0.1) is 0 Å². The Labute approximate surface area is 209 Å². The van der Waals surface area contributed by atoms with Gasteiger partial charge in [0.15, 0.2) is 0 Å². The van der Waals surface area contributed by atoms with Crippen LogP contribution in [0.15, 0.2) is 76.9 Å². The molecule has 0 amide bonds. The van der Waals surface area contributed by atoms with Gasteiger partial charge in [-0.25, -0.2) is 0 Å². The molecule has 34 heavy (non-hydrogen) atoms. The monoisotopic (exact) mass is 489 g/mol. The molecule has 0 aliphatic carbocycles. The number of hydrazone groups is 2. The molecule has 0 saturated carbocycles. The standard InChI is InChI=1S/C27H25Cl2N5/c1-17(32-33-30-2)19-6-5-7-20(14-19)27-26-24(23-8-3-4-9-25(23)31-26)10-11-34(27)16-18-12-21(28)15-22(29)13-18/h3-9,12-15,27,31,33H,2,10-11,16H2,1H3/b32-17+. The molecule has 1 aromatic heterocycles. The van der Waals surface area contributed by atoms with Crippen molar-refractivity contribution in [3.05, 3.63) is 105 Å². The van der Waals surface area contributed by atoms with Gasteiger partial charge in [0.1, 0.15) is 0 Å². The molecule has 0 bridgehead atoms. The van der Waals surface area contributed by atoms with Gasteiger partial charge in [0.05, 0.1) is 11.8 Å². The van der Waals surface area contributed by atoms with Gasteiger partial charge in [-0.15, -0.1) is 0 Å². The van der Waals surface area contributed by atoms with Gasteiger partial charge in [-0.1, -0.05) is 59.6 Å². The number of H-pyrrole nitrogens is 1. The first-order chi connectivity index (χ1) is 16.5. The highest BCUT2D eigenvalue weighted by atomic mass is 35.5. The molecule has 5 nitrogen and oxygen atoms in total.